The fourth-order valence-electron chi connectivity index (χ4n) is 3.36. The van der Waals surface area contributed by atoms with Gasteiger partial charge < -0.3 is 10.2 Å². The third-order valence-corrected chi connectivity index (χ3v) is 4.73. The number of rotatable bonds is 5. The number of aromatic nitrogens is 1. The molecule has 1 heterocycles. The molecule has 0 saturated heterocycles. The quantitative estimate of drug-likeness (QED) is 0.700. The maximum absolute atomic E-state index is 12.8. The van der Waals surface area contributed by atoms with Gasteiger partial charge in [-0.05, 0) is 49.6 Å². The van der Waals surface area contributed by atoms with Crippen molar-refractivity contribution in [2.75, 3.05) is 12.4 Å². The number of hydrogen-bond donors (Lipinski definition) is 1. The lowest BCUT2D eigenvalue weighted by atomic mass is 10.0. The van der Waals surface area contributed by atoms with Crippen LogP contribution in [0, 0.1) is 20.8 Å². The molecule has 1 aromatic heterocycles. The summed E-state index contributed by atoms with van der Waals surface area (Å²) in [5.41, 5.74) is 5.39. The Hall–Kier alpha value is -3.47. The van der Waals surface area contributed by atoms with E-state index >= 15 is 0 Å². The minimum absolute atomic E-state index is 0.211. The Morgan fingerprint density at radius 3 is 2.17 bits per heavy atom. The summed E-state index contributed by atoms with van der Waals surface area (Å²) in [6.45, 7) is 6.41. The largest absolute Gasteiger partial charge is 0.336 e. The van der Waals surface area contributed by atoms with Crippen molar-refractivity contribution < 1.29 is 9.59 Å². The number of carbonyl (C=O) groups excluding carboxylic acids is 2. The van der Waals surface area contributed by atoms with Gasteiger partial charge in [0.15, 0.2) is 0 Å². The summed E-state index contributed by atoms with van der Waals surface area (Å²) in [5.74, 6) is -0.563. The summed E-state index contributed by atoms with van der Waals surface area (Å²) in [6.07, 6.45) is 0. The van der Waals surface area contributed by atoms with Crippen LogP contribution in [0.2, 0.25) is 0 Å². The molecule has 0 bridgehead atoms. The Balaban J connectivity index is 1.76. The lowest BCUT2D eigenvalue weighted by Gasteiger charge is -2.17. The molecule has 3 rings (SSSR count). The number of aryl methyl sites for hydroxylation is 3. The van der Waals surface area contributed by atoms with Gasteiger partial charge in [0.05, 0.1) is 0 Å². The number of benzene rings is 2. The molecule has 2 amide bonds. The van der Waals surface area contributed by atoms with E-state index in [9.17, 15) is 9.59 Å². The van der Waals surface area contributed by atoms with Crippen LogP contribution >= 0.6 is 0 Å². The average molecular weight is 387 g/mol. The molecular weight excluding hydrogens is 362 g/mol. The second-order valence-electron chi connectivity index (χ2n) is 7.28. The summed E-state index contributed by atoms with van der Waals surface area (Å²) in [4.78, 5) is 31.4. The smallest absolute Gasteiger partial charge is 0.274 e. The van der Waals surface area contributed by atoms with E-state index in [0.29, 0.717) is 6.54 Å². The third kappa shape index (κ3) is 4.88. The first-order chi connectivity index (χ1) is 13.8. The molecule has 0 aliphatic heterocycles. The number of nitrogens with zero attached hydrogens (tertiary/aromatic N) is 2. The van der Waals surface area contributed by atoms with Gasteiger partial charge in [0, 0.05) is 19.3 Å². The van der Waals surface area contributed by atoms with E-state index < -0.39 is 0 Å². The molecular formula is C24H25N3O2. The van der Waals surface area contributed by atoms with Crippen LogP contribution < -0.4 is 5.32 Å². The molecule has 5 nitrogen and oxygen atoms in total. The summed E-state index contributed by atoms with van der Waals surface area (Å²) < 4.78 is 0. The van der Waals surface area contributed by atoms with E-state index in [1.54, 1.807) is 30.1 Å². The maximum atomic E-state index is 12.8. The second-order valence-corrected chi connectivity index (χ2v) is 7.28. The standard InChI is InChI=1S/C24H25N3O2/c1-16-13-17(2)22(18(3)14-16)26-23(28)20-11-8-12-21(25-20)24(29)27(4)15-19-9-6-5-7-10-19/h5-14H,15H2,1-4H3,(H,26,28). The van der Waals surface area contributed by atoms with Crippen LogP contribution in [-0.2, 0) is 6.54 Å². The predicted molar refractivity (Wildman–Crippen MR) is 115 cm³/mol. The van der Waals surface area contributed by atoms with Gasteiger partial charge in [-0.25, -0.2) is 4.98 Å². The van der Waals surface area contributed by atoms with E-state index in [0.717, 1.165) is 27.9 Å². The molecule has 29 heavy (non-hydrogen) atoms. The molecule has 0 fully saturated rings. The SMILES string of the molecule is Cc1cc(C)c(NC(=O)c2cccc(C(=O)N(C)Cc3ccccc3)n2)c(C)c1. The summed E-state index contributed by atoms with van der Waals surface area (Å²) in [6, 6.07) is 18.7. The van der Waals surface area contributed by atoms with E-state index in [1.165, 1.54) is 0 Å². The first-order valence-electron chi connectivity index (χ1n) is 9.51. The number of carbonyl (C=O) groups is 2. The number of nitrogens with one attached hydrogen (secondary N) is 1. The number of pyridine rings is 1. The van der Waals surface area contributed by atoms with Gasteiger partial charge in [-0.2, -0.15) is 0 Å². The van der Waals surface area contributed by atoms with Crippen LogP contribution in [0.5, 0.6) is 0 Å². The number of anilines is 1. The zero-order chi connectivity index (χ0) is 21.0. The Labute approximate surface area is 171 Å². The predicted octanol–water partition coefficient (Wildman–Crippen LogP) is 4.53. The highest BCUT2D eigenvalue weighted by molar-refractivity contribution is 6.04. The Kier molecular flexibility index (Phi) is 6.07. The Bertz CT molecular complexity index is 1020. The Morgan fingerprint density at radius 1 is 0.897 bits per heavy atom. The van der Waals surface area contributed by atoms with E-state index in [2.05, 4.69) is 10.3 Å². The van der Waals surface area contributed by atoms with Crippen molar-refractivity contribution in [2.45, 2.75) is 27.3 Å². The van der Waals surface area contributed by atoms with Gasteiger partial charge in [-0.3, -0.25) is 9.59 Å². The van der Waals surface area contributed by atoms with Crippen molar-refractivity contribution in [2.24, 2.45) is 0 Å². The van der Waals surface area contributed by atoms with Crippen LogP contribution in [0.25, 0.3) is 0 Å². The van der Waals surface area contributed by atoms with Crippen LogP contribution in [0.3, 0.4) is 0 Å². The fraction of sp³-hybridized carbons (Fsp3) is 0.208. The molecule has 0 atom stereocenters. The molecule has 3 aromatic rings. The van der Waals surface area contributed by atoms with Gasteiger partial charge in [-0.15, -0.1) is 0 Å². The van der Waals surface area contributed by atoms with Gasteiger partial charge in [-0.1, -0.05) is 54.1 Å². The van der Waals surface area contributed by atoms with Crippen LogP contribution in [0.15, 0.2) is 60.7 Å². The average Bonchev–Trinajstić information content (AvgIpc) is 2.70. The molecule has 0 unspecified atom stereocenters. The first-order valence-corrected chi connectivity index (χ1v) is 9.51. The number of amides is 2. The van der Waals surface area contributed by atoms with Crippen molar-refractivity contribution in [3.8, 4) is 0 Å². The van der Waals surface area contributed by atoms with Gasteiger partial charge in [0.2, 0.25) is 0 Å². The van der Waals surface area contributed by atoms with Gasteiger partial charge in [0.25, 0.3) is 11.8 Å². The maximum Gasteiger partial charge on any atom is 0.274 e. The molecule has 0 aliphatic carbocycles. The summed E-state index contributed by atoms with van der Waals surface area (Å²) >= 11 is 0. The normalized spacial score (nSPS) is 10.5. The molecule has 0 saturated carbocycles. The van der Waals surface area contributed by atoms with Crippen molar-refractivity contribution in [3.63, 3.8) is 0 Å². The highest BCUT2D eigenvalue weighted by atomic mass is 16.2. The van der Waals surface area contributed by atoms with E-state index in [-0.39, 0.29) is 23.2 Å². The van der Waals surface area contributed by atoms with Crippen LogP contribution in [0.1, 0.15) is 43.2 Å². The van der Waals surface area contributed by atoms with E-state index in [4.69, 9.17) is 0 Å². The molecule has 2 aromatic carbocycles. The lowest BCUT2D eigenvalue weighted by molar-refractivity contribution is 0.0779. The Morgan fingerprint density at radius 2 is 1.52 bits per heavy atom. The topological polar surface area (TPSA) is 62.3 Å². The van der Waals surface area contributed by atoms with Gasteiger partial charge in [0.1, 0.15) is 11.4 Å². The lowest BCUT2D eigenvalue weighted by Crippen LogP contribution is -2.27. The summed E-state index contributed by atoms with van der Waals surface area (Å²) in [5, 5.41) is 2.93. The second kappa shape index (κ2) is 8.69. The highest BCUT2D eigenvalue weighted by Gasteiger charge is 2.17. The summed E-state index contributed by atoms with van der Waals surface area (Å²) in [7, 11) is 1.72. The van der Waals surface area contributed by atoms with Crippen LogP contribution in [0.4, 0.5) is 5.69 Å². The van der Waals surface area contributed by atoms with Crippen molar-refractivity contribution >= 4 is 17.5 Å². The number of hydrogen-bond acceptors (Lipinski definition) is 3. The molecule has 148 valence electrons. The minimum Gasteiger partial charge on any atom is -0.336 e. The highest BCUT2D eigenvalue weighted by Crippen LogP contribution is 2.22. The minimum atomic E-state index is -0.333. The molecule has 0 aliphatic rings. The van der Waals surface area contributed by atoms with Crippen molar-refractivity contribution in [1.29, 1.82) is 0 Å². The molecule has 0 radical (unpaired) electrons. The van der Waals surface area contributed by atoms with Gasteiger partial charge >= 0.3 is 0 Å². The molecule has 0 spiro atoms. The monoisotopic (exact) mass is 387 g/mol. The van der Waals surface area contributed by atoms with Crippen LogP contribution in [-0.4, -0.2) is 28.7 Å². The van der Waals surface area contributed by atoms with E-state index in [1.807, 2.05) is 63.2 Å². The zero-order valence-corrected chi connectivity index (χ0v) is 17.2. The molecule has 1 N–H and O–H groups in total. The van der Waals surface area contributed by atoms with Crippen molar-refractivity contribution in [3.05, 3.63) is 94.3 Å². The fourth-order valence-corrected chi connectivity index (χ4v) is 3.36. The van der Waals surface area contributed by atoms with Crippen molar-refractivity contribution in [1.82, 2.24) is 9.88 Å². The zero-order valence-electron chi connectivity index (χ0n) is 17.2. The molecule has 5 heteroatoms. The third-order valence-electron chi connectivity index (χ3n) is 4.73. The first kappa shape index (κ1) is 20.3.